The van der Waals surface area contributed by atoms with E-state index in [2.05, 4.69) is 0 Å². The maximum Gasteiger partial charge on any atom is 0.511 e. The summed E-state index contributed by atoms with van der Waals surface area (Å²) in [6.07, 6.45) is 0.0149. The van der Waals surface area contributed by atoms with Gasteiger partial charge in [-0.2, -0.15) is 17.5 Å². The molecular weight excluding hydrogens is 574 g/mol. The van der Waals surface area contributed by atoms with E-state index in [0.29, 0.717) is 3.97 Å². The number of rotatable bonds is 7. The van der Waals surface area contributed by atoms with Crippen molar-refractivity contribution < 1.29 is 42.8 Å². The lowest BCUT2D eigenvalue weighted by molar-refractivity contribution is -0.0449. The lowest BCUT2D eigenvalue weighted by Crippen LogP contribution is -2.47. The largest absolute Gasteiger partial charge is 0.511 e. The summed E-state index contributed by atoms with van der Waals surface area (Å²) >= 11 is 0. The Balaban J connectivity index is 1.69. The Morgan fingerprint density at radius 1 is 0.947 bits per heavy atom. The lowest BCUT2D eigenvalue weighted by Gasteiger charge is -2.36. The third kappa shape index (κ3) is 5.06. The van der Waals surface area contributed by atoms with Crippen molar-refractivity contribution in [2.75, 3.05) is 19.6 Å². The molecule has 4 rings (SSSR count). The Bertz CT molecular complexity index is 1690. The van der Waals surface area contributed by atoms with Gasteiger partial charge in [0.1, 0.15) is 10.7 Å². The standard InChI is InChI=1S/C22H23F4N3O6S3/c1-15-14-28(11-10-17(15)13-27-38(34,35)22(24,25)26)37(32,33)21-12-16-6-2-4-8-19(16)29(21)36(30,31)20-9-5-3-7-18(20)23/h2-9,12,15,17,27H,10-11,13-14H2,1H3/t15-,17-/m1/s1. The van der Waals surface area contributed by atoms with Crippen LogP contribution in [-0.4, -0.2) is 58.7 Å². The molecule has 9 nitrogen and oxygen atoms in total. The Kier molecular flexibility index (Phi) is 7.42. The average Bonchev–Trinajstić information content (AvgIpc) is 3.24. The molecule has 2 atom stereocenters. The SMILES string of the molecule is C[C@@H]1CN(S(=O)(=O)c2cc3ccccc3n2S(=O)(=O)c2ccccc2F)CC[C@@H]1CNS(=O)(=O)C(F)(F)F. The first-order valence-electron chi connectivity index (χ1n) is 11.2. The highest BCUT2D eigenvalue weighted by molar-refractivity contribution is 7.92. The molecule has 1 saturated heterocycles. The molecule has 3 aromatic rings. The Morgan fingerprint density at radius 2 is 1.58 bits per heavy atom. The zero-order chi connectivity index (χ0) is 28.1. The molecule has 1 aliphatic rings. The van der Waals surface area contributed by atoms with E-state index in [-0.39, 0.29) is 30.4 Å². The van der Waals surface area contributed by atoms with Crippen LogP contribution < -0.4 is 4.72 Å². The summed E-state index contributed by atoms with van der Waals surface area (Å²) in [5, 5.41) is -0.346. The van der Waals surface area contributed by atoms with E-state index in [1.54, 1.807) is 13.0 Å². The van der Waals surface area contributed by atoms with Gasteiger partial charge >= 0.3 is 15.5 Å². The van der Waals surface area contributed by atoms with E-state index in [4.69, 9.17) is 0 Å². The molecule has 1 aromatic heterocycles. The molecular formula is C22H23F4N3O6S3. The van der Waals surface area contributed by atoms with Gasteiger partial charge in [-0.05, 0) is 42.5 Å². The molecule has 0 spiro atoms. The third-order valence-electron chi connectivity index (χ3n) is 6.48. The Hall–Kier alpha value is -2.53. The molecule has 1 fully saturated rings. The number of alkyl halides is 3. The number of aromatic nitrogens is 1. The van der Waals surface area contributed by atoms with E-state index in [1.807, 2.05) is 0 Å². The molecule has 1 N–H and O–H groups in total. The fraction of sp³-hybridized carbons (Fsp3) is 0.364. The summed E-state index contributed by atoms with van der Waals surface area (Å²) in [7, 11) is -14.8. The molecule has 0 saturated carbocycles. The van der Waals surface area contributed by atoms with Crippen molar-refractivity contribution >= 4 is 41.0 Å². The highest BCUT2D eigenvalue weighted by atomic mass is 32.2. The van der Waals surface area contributed by atoms with E-state index >= 15 is 0 Å². The van der Waals surface area contributed by atoms with E-state index in [9.17, 15) is 42.8 Å². The number of nitrogens with one attached hydrogen (secondary N) is 1. The van der Waals surface area contributed by atoms with Crippen LogP contribution in [-0.2, 0) is 30.1 Å². The predicted molar refractivity (Wildman–Crippen MR) is 130 cm³/mol. The molecule has 1 aliphatic heterocycles. The van der Waals surface area contributed by atoms with Crippen LogP contribution in [0.1, 0.15) is 13.3 Å². The lowest BCUT2D eigenvalue weighted by atomic mass is 9.88. The number of piperidine rings is 1. The number of hydrogen-bond acceptors (Lipinski definition) is 6. The number of fused-ring (bicyclic) bond motifs is 1. The van der Waals surface area contributed by atoms with Gasteiger partial charge in [-0.3, -0.25) is 0 Å². The van der Waals surface area contributed by atoms with Crippen LogP contribution in [0.3, 0.4) is 0 Å². The highest BCUT2D eigenvalue weighted by Gasteiger charge is 2.46. The summed E-state index contributed by atoms with van der Waals surface area (Å²) in [4.78, 5) is -0.721. The number of para-hydroxylation sites is 1. The van der Waals surface area contributed by atoms with Crippen LogP contribution >= 0.6 is 0 Å². The zero-order valence-corrected chi connectivity index (χ0v) is 22.2. The minimum atomic E-state index is -5.55. The maximum absolute atomic E-state index is 14.5. The summed E-state index contributed by atoms with van der Waals surface area (Å²) in [6, 6.07) is 11.7. The van der Waals surface area contributed by atoms with Gasteiger partial charge in [0.2, 0.25) is 0 Å². The number of sulfonamides is 2. The first-order valence-corrected chi connectivity index (χ1v) is 15.6. The van der Waals surface area contributed by atoms with Crippen LogP contribution in [0.15, 0.2) is 64.5 Å². The van der Waals surface area contributed by atoms with Crippen LogP contribution in [0.2, 0.25) is 0 Å². The summed E-state index contributed by atoms with van der Waals surface area (Å²) in [5.74, 6) is -2.24. The predicted octanol–water partition coefficient (Wildman–Crippen LogP) is 3.10. The van der Waals surface area contributed by atoms with Crippen molar-refractivity contribution in [3.63, 3.8) is 0 Å². The Morgan fingerprint density at radius 3 is 2.21 bits per heavy atom. The van der Waals surface area contributed by atoms with Crippen molar-refractivity contribution in [2.45, 2.75) is 28.8 Å². The van der Waals surface area contributed by atoms with Gasteiger partial charge in [-0.15, -0.1) is 0 Å². The van der Waals surface area contributed by atoms with Crippen molar-refractivity contribution in [3.8, 4) is 0 Å². The van der Waals surface area contributed by atoms with Crippen LogP contribution in [0.4, 0.5) is 17.6 Å². The molecule has 0 unspecified atom stereocenters. The van der Waals surface area contributed by atoms with E-state index in [1.165, 1.54) is 35.1 Å². The van der Waals surface area contributed by atoms with Crippen LogP contribution in [0, 0.1) is 17.7 Å². The first kappa shape index (κ1) is 28.5. The van der Waals surface area contributed by atoms with Gasteiger partial charge in [0.05, 0.1) is 5.52 Å². The fourth-order valence-corrected chi connectivity index (χ4v) is 8.67. The van der Waals surface area contributed by atoms with Crippen molar-refractivity contribution in [2.24, 2.45) is 11.8 Å². The smallest absolute Gasteiger partial charge is 0.221 e. The quantitative estimate of drug-likeness (QED) is 0.418. The number of halogens is 4. The summed E-state index contributed by atoms with van der Waals surface area (Å²) < 4.78 is 133. The molecule has 38 heavy (non-hydrogen) atoms. The Labute approximate surface area is 217 Å². The fourth-order valence-electron chi connectivity index (χ4n) is 4.39. The molecule has 0 bridgehead atoms. The first-order chi connectivity index (χ1) is 17.6. The van der Waals surface area contributed by atoms with Crippen LogP contribution in [0.5, 0.6) is 0 Å². The third-order valence-corrected chi connectivity index (χ3v) is 11.4. The minimum Gasteiger partial charge on any atom is -0.221 e. The van der Waals surface area contributed by atoms with Crippen molar-refractivity contribution in [3.05, 3.63) is 60.4 Å². The topological polar surface area (TPSA) is 123 Å². The van der Waals surface area contributed by atoms with Crippen LogP contribution in [0.25, 0.3) is 10.9 Å². The average molecular weight is 598 g/mol. The molecule has 2 aromatic carbocycles. The second-order valence-electron chi connectivity index (χ2n) is 8.93. The molecule has 0 amide bonds. The summed E-state index contributed by atoms with van der Waals surface area (Å²) in [6.45, 7) is 0.604. The van der Waals surface area contributed by atoms with Crippen molar-refractivity contribution in [1.29, 1.82) is 0 Å². The van der Waals surface area contributed by atoms with Gasteiger partial charge in [0, 0.05) is 25.0 Å². The van der Waals surface area contributed by atoms with Gasteiger partial charge in [-0.1, -0.05) is 37.3 Å². The van der Waals surface area contributed by atoms with E-state index < -0.39 is 69.7 Å². The molecule has 16 heteroatoms. The van der Waals surface area contributed by atoms with E-state index in [0.717, 1.165) is 22.5 Å². The molecule has 0 aliphatic carbocycles. The zero-order valence-electron chi connectivity index (χ0n) is 19.8. The minimum absolute atomic E-state index is 0.0128. The molecule has 208 valence electrons. The molecule has 2 heterocycles. The monoisotopic (exact) mass is 597 g/mol. The highest BCUT2D eigenvalue weighted by Crippen LogP contribution is 2.34. The van der Waals surface area contributed by atoms with Crippen molar-refractivity contribution in [1.82, 2.24) is 13.0 Å². The van der Waals surface area contributed by atoms with Gasteiger partial charge < -0.3 is 0 Å². The summed E-state index contributed by atoms with van der Waals surface area (Å²) in [5.41, 5.74) is -5.46. The van der Waals surface area contributed by atoms with Gasteiger partial charge in [0.25, 0.3) is 20.0 Å². The second-order valence-corrected chi connectivity index (χ2v) is 14.3. The normalized spacial score (nSPS) is 20.1. The van der Waals surface area contributed by atoms with Gasteiger partial charge in [0.15, 0.2) is 5.03 Å². The molecule has 0 radical (unpaired) electrons. The number of benzene rings is 2. The number of nitrogens with zero attached hydrogens (tertiary/aromatic N) is 2. The van der Waals surface area contributed by atoms with Gasteiger partial charge in [-0.25, -0.2) is 38.3 Å². The maximum atomic E-state index is 14.5. The number of hydrogen-bond donors (Lipinski definition) is 1. The second kappa shape index (κ2) is 9.89.